The predicted octanol–water partition coefficient (Wildman–Crippen LogP) is 14.6. The van der Waals surface area contributed by atoms with E-state index < -0.39 is 5.41 Å². The molecule has 0 unspecified atom stereocenters. The van der Waals surface area contributed by atoms with Crippen molar-refractivity contribution in [3.8, 4) is 56.2 Å². The zero-order valence-electron chi connectivity index (χ0n) is 32.6. The highest BCUT2D eigenvalue weighted by atomic mass is 16.3. The maximum absolute atomic E-state index is 6.17. The van der Waals surface area contributed by atoms with Crippen molar-refractivity contribution in [2.75, 3.05) is 0 Å². The van der Waals surface area contributed by atoms with Crippen molar-refractivity contribution in [1.29, 1.82) is 0 Å². The number of fused-ring (bicyclic) bond motifs is 7. The van der Waals surface area contributed by atoms with Crippen molar-refractivity contribution in [3.05, 3.63) is 241 Å². The monoisotopic (exact) mass is 764 g/mol. The predicted molar refractivity (Wildman–Crippen MR) is 246 cm³/mol. The molecule has 0 N–H and O–H groups in total. The van der Waals surface area contributed by atoms with Gasteiger partial charge in [0.15, 0.2) is 5.82 Å². The average molecular weight is 765 g/mol. The molecule has 0 radical (unpaired) electrons. The van der Waals surface area contributed by atoms with Gasteiger partial charge in [0, 0.05) is 27.5 Å². The highest BCUT2D eigenvalue weighted by molar-refractivity contribution is 6.06. The summed E-state index contributed by atoms with van der Waals surface area (Å²) in [4.78, 5) is 10.8. The quantitative estimate of drug-likeness (QED) is 0.169. The van der Waals surface area contributed by atoms with Gasteiger partial charge in [-0.15, -0.1) is 0 Å². The van der Waals surface area contributed by atoms with E-state index in [0.717, 1.165) is 71.9 Å². The molecule has 3 heteroatoms. The van der Waals surface area contributed by atoms with Gasteiger partial charge in [-0.3, -0.25) is 0 Å². The summed E-state index contributed by atoms with van der Waals surface area (Å²) in [7, 11) is 0. The number of rotatable bonds is 6. The Hall–Kier alpha value is -7.88. The van der Waals surface area contributed by atoms with Crippen LogP contribution in [0.2, 0.25) is 0 Å². The normalized spacial score (nSPS) is 12.8. The molecular formula is C57H36N2O. The molecule has 11 aromatic rings. The van der Waals surface area contributed by atoms with Gasteiger partial charge in [0.1, 0.15) is 11.2 Å². The Labute approximate surface area is 347 Å². The van der Waals surface area contributed by atoms with Crippen molar-refractivity contribution < 1.29 is 4.42 Å². The molecule has 0 saturated heterocycles. The molecule has 1 aliphatic rings. The van der Waals surface area contributed by atoms with Crippen LogP contribution in [-0.2, 0) is 5.41 Å². The average Bonchev–Trinajstić information content (AvgIpc) is 3.85. The van der Waals surface area contributed by atoms with Gasteiger partial charge in [-0.1, -0.05) is 182 Å². The SMILES string of the molecule is c1ccc(C2(c3ccccc3)c3ccccc3-c3ccc(-c4cc(-c5cccc(-c6ccc7oc8ccccc8c7c6)c5)nc(-c5cccc6ccccc56)n4)cc32)cc1. The van der Waals surface area contributed by atoms with Crippen LogP contribution >= 0.6 is 0 Å². The minimum Gasteiger partial charge on any atom is -0.456 e. The molecule has 60 heavy (non-hydrogen) atoms. The first kappa shape index (κ1) is 34.2. The van der Waals surface area contributed by atoms with Crippen LogP contribution in [0, 0.1) is 0 Å². The molecule has 0 spiro atoms. The minimum atomic E-state index is -0.519. The number of aromatic nitrogens is 2. The third-order valence-corrected chi connectivity index (χ3v) is 12.4. The van der Waals surface area contributed by atoms with Crippen molar-refractivity contribution in [2.24, 2.45) is 0 Å². The number of para-hydroxylation sites is 1. The molecule has 1 aliphatic carbocycles. The largest absolute Gasteiger partial charge is 0.456 e. The molecule has 0 bridgehead atoms. The molecule has 2 aromatic heterocycles. The van der Waals surface area contributed by atoms with Gasteiger partial charge >= 0.3 is 0 Å². The van der Waals surface area contributed by atoms with Gasteiger partial charge in [-0.2, -0.15) is 0 Å². The maximum Gasteiger partial charge on any atom is 0.161 e. The lowest BCUT2D eigenvalue weighted by atomic mass is 9.67. The Balaban J connectivity index is 1.07. The Morgan fingerprint density at radius 3 is 1.72 bits per heavy atom. The summed E-state index contributed by atoms with van der Waals surface area (Å²) in [6, 6.07) is 78.1. The molecular weight excluding hydrogens is 729 g/mol. The summed E-state index contributed by atoms with van der Waals surface area (Å²) in [6.07, 6.45) is 0. The van der Waals surface area contributed by atoms with Gasteiger partial charge < -0.3 is 4.42 Å². The molecule has 0 atom stereocenters. The third-order valence-electron chi connectivity index (χ3n) is 12.4. The summed E-state index contributed by atoms with van der Waals surface area (Å²) in [5.41, 5.74) is 15.8. The van der Waals surface area contributed by atoms with E-state index in [9.17, 15) is 0 Å². The van der Waals surface area contributed by atoms with Crippen LogP contribution < -0.4 is 0 Å². The standard InChI is InChI=1S/C57H36N2O/c1-3-19-42(20-4-1)57(43-21-5-2-6-22-43)50-27-11-9-24-45(50)46-31-29-41(35-51(46)57)53-36-52(58-56(59-53)48-26-14-16-37-15-7-8-23-44(37)48)40-18-13-17-38(33-40)39-30-32-55-49(34-39)47-25-10-12-28-54(47)60-55/h1-36H. The Bertz CT molecular complexity index is 3390. The lowest BCUT2D eigenvalue weighted by Gasteiger charge is -2.34. The first-order chi connectivity index (χ1) is 29.7. The number of benzene rings is 9. The van der Waals surface area contributed by atoms with E-state index >= 15 is 0 Å². The van der Waals surface area contributed by atoms with Crippen LogP contribution in [0.25, 0.3) is 88.9 Å². The van der Waals surface area contributed by atoms with Gasteiger partial charge in [0.05, 0.1) is 16.8 Å². The Morgan fingerprint density at radius 2 is 0.900 bits per heavy atom. The first-order valence-corrected chi connectivity index (χ1v) is 20.5. The van der Waals surface area contributed by atoms with Crippen LogP contribution in [-0.4, -0.2) is 9.97 Å². The topological polar surface area (TPSA) is 38.9 Å². The van der Waals surface area contributed by atoms with Crippen molar-refractivity contribution >= 4 is 32.7 Å². The molecule has 0 amide bonds. The zero-order valence-corrected chi connectivity index (χ0v) is 32.6. The van der Waals surface area contributed by atoms with Crippen molar-refractivity contribution in [3.63, 3.8) is 0 Å². The molecule has 0 fully saturated rings. The van der Waals surface area contributed by atoms with E-state index in [2.05, 4.69) is 206 Å². The second-order valence-corrected chi connectivity index (χ2v) is 15.7. The van der Waals surface area contributed by atoms with Crippen molar-refractivity contribution in [1.82, 2.24) is 9.97 Å². The van der Waals surface area contributed by atoms with Gasteiger partial charge in [0.2, 0.25) is 0 Å². The third kappa shape index (κ3) is 5.30. The summed E-state index contributed by atoms with van der Waals surface area (Å²) in [5, 5.41) is 4.50. The van der Waals surface area contributed by atoms with E-state index in [1.165, 1.54) is 33.4 Å². The lowest BCUT2D eigenvalue weighted by Crippen LogP contribution is -2.28. The summed E-state index contributed by atoms with van der Waals surface area (Å²) in [6.45, 7) is 0. The first-order valence-electron chi connectivity index (χ1n) is 20.5. The van der Waals surface area contributed by atoms with Crippen LogP contribution in [0.1, 0.15) is 22.3 Å². The van der Waals surface area contributed by atoms with E-state index in [1.54, 1.807) is 0 Å². The Kier molecular flexibility index (Phi) is 7.76. The molecule has 280 valence electrons. The summed E-state index contributed by atoms with van der Waals surface area (Å²) in [5.74, 6) is 0.692. The van der Waals surface area contributed by atoms with Crippen molar-refractivity contribution in [2.45, 2.75) is 5.41 Å². The maximum atomic E-state index is 6.17. The molecule has 0 aliphatic heterocycles. The number of hydrogen-bond donors (Lipinski definition) is 0. The fraction of sp³-hybridized carbons (Fsp3) is 0.0175. The fourth-order valence-electron chi connectivity index (χ4n) is 9.65. The fourth-order valence-corrected chi connectivity index (χ4v) is 9.65. The summed E-state index contributed by atoms with van der Waals surface area (Å²) >= 11 is 0. The van der Waals surface area contributed by atoms with Crippen LogP contribution in [0.3, 0.4) is 0 Å². The number of nitrogens with zero attached hydrogens (tertiary/aromatic N) is 2. The van der Waals surface area contributed by atoms with E-state index in [4.69, 9.17) is 14.4 Å². The lowest BCUT2D eigenvalue weighted by molar-refractivity contribution is 0.669. The number of hydrogen-bond acceptors (Lipinski definition) is 3. The highest BCUT2D eigenvalue weighted by Crippen LogP contribution is 2.56. The second-order valence-electron chi connectivity index (χ2n) is 15.7. The van der Waals surface area contributed by atoms with Crippen LogP contribution in [0.4, 0.5) is 0 Å². The van der Waals surface area contributed by atoms with Crippen LogP contribution in [0.5, 0.6) is 0 Å². The van der Waals surface area contributed by atoms with E-state index in [0.29, 0.717) is 5.82 Å². The molecule has 9 aromatic carbocycles. The van der Waals surface area contributed by atoms with E-state index in [-0.39, 0.29) is 0 Å². The van der Waals surface area contributed by atoms with Gasteiger partial charge in [0.25, 0.3) is 0 Å². The highest BCUT2D eigenvalue weighted by Gasteiger charge is 2.46. The zero-order chi connectivity index (χ0) is 39.6. The van der Waals surface area contributed by atoms with E-state index in [1.807, 2.05) is 12.1 Å². The summed E-state index contributed by atoms with van der Waals surface area (Å²) < 4.78 is 6.17. The second kappa shape index (κ2) is 13.6. The molecule has 3 nitrogen and oxygen atoms in total. The van der Waals surface area contributed by atoms with Crippen LogP contribution in [0.15, 0.2) is 223 Å². The van der Waals surface area contributed by atoms with Gasteiger partial charge in [-0.25, -0.2) is 9.97 Å². The molecule has 2 heterocycles. The number of furan rings is 1. The Morgan fingerprint density at radius 1 is 0.333 bits per heavy atom. The molecule has 0 saturated carbocycles. The van der Waals surface area contributed by atoms with Gasteiger partial charge in [-0.05, 0) is 91.7 Å². The smallest absolute Gasteiger partial charge is 0.161 e. The molecule has 12 rings (SSSR count). The minimum absolute atomic E-state index is 0.519.